The van der Waals surface area contributed by atoms with E-state index in [1.165, 1.54) is 110 Å². The van der Waals surface area contributed by atoms with Crippen LogP contribution < -0.4 is 34.3 Å². The third kappa shape index (κ3) is 33.9. The molecule has 5 unspecified atom stereocenters. The number of carbonyl (C=O) groups is 3. The van der Waals surface area contributed by atoms with E-state index in [-0.39, 0.29) is 35.2 Å². The van der Waals surface area contributed by atoms with E-state index in [0.29, 0.717) is 49.1 Å². The van der Waals surface area contributed by atoms with Crippen molar-refractivity contribution in [2.24, 2.45) is 10.3 Å². The monoisotopic (exact) mass is 1980 g/mol. The summed E-state index contributed by atoms with van der Waals surface area (Å²) in [6.45, 7) is 38.1. The van der Waals surface area contributed by atoms with E-state index in [0.717, 1.165) is 278 Å². The number of halogens is 1. The van der Waals surface area contributed by atoms with Crippen LogP contribution in [0.4, 0.5) is 39.8 Å². The predicted molar refractivity (Wildman–Crippen MR) is 567 cm³/mol. The van der Waals surface area contributed by atoms with Gasteiger partial charge in [-0.1, -0.05) is 133 Å². The summed E-state index contributed by atoms with van der Waals surface area (Å²) in [6.07, 6.45) is 30.2. The summed E-state index contributed by atoms with van der Waals surface area (Å²) in [5, 5.41) is 89.9. The number of rotatable bonds is 43. The number of alkyl halides is 1. The Hall–Kier alpha value is -13.0. The zero-order chi connectivity index (χ0) is 104. The fourth-order valence-electron chi connectivity index (χ4n) is 19.0. The van der Waals surface area contributed by atoms with Crippen molar-refractivity contribution in [3.05, 3.63) is 270 Å². The van der Waals surface area contributed by atoms with Gasteiger partial charge in [0, 0.05) is 259 Å². The minimum Gasteiger partial charge on any atom is -0.411 e. The van der Waals surface area contributed by atoms with Gasteiger partial charge in [-0.2, -0.15) is 5.26 Å². The molecule has 0 bridgehead atoms. The van der Waals surface area contributed by atoms with Crippen molar-refractivity contribution >= 4 is 88.5 Å². The Morgan fingerprint density at radius 3 is 1.06 bits per heavy atom. The number of oxime groups is 2. The summed E-state index contributed by atoms with van der Waals surface area (Å²) >= 11 is 5.74. The maximum Gasteiger partial charge on any atom is 0.331 e. The third-order valence-electron chi connectivity index (χ3n) is 26.6. The molecule has 0 amide bonds. The largest absolute Gasteiger partial charge is 0.411 e. The number of nitrogens with zero attached hydrogens (tertiary/aromatic N) is 16. The molecule has 7 aliphatic heterocycles. The Morgan fingerprint density at radius 1 is 0.401 bits per heavy atom. The van der Waals surface area contributed by atoms with Crippen molar-refractivity contribution in [2.75, 3.05) is 132 Å². The molecular formula is C108H147ClN16O17. The van der Waals surface area contributed by atoms with Crippen LogP contribution in [-0.4, -0.2) is 193 Å². The van der Waals surface area contributed by atoms with Gasteiger partial charge < -0.3 is 44.3 Å². The highest BCUT2D eigenvalue weighted by molar-refractivity contribution is 6.17. The highest BCUT2D eigenvalue weighted by Gasteiger charge is 2.32. The second kappa shape index (κ2) is 58.4. The van der Waals surface area contributed by atoms with Gasteiger partial charge in [-0.3, -0.25) is 70.3 Å². The zero-order valence-electron chi connectivity index (χ0n) is 85.4. The lowest BCUT2D eigenvalue weighted by Gasteiger charge is -2.21. The standard InChI is InChI=1S/C18H25N3O4.C16H23N3O3.C16H22N2O3.C15H18ClN3O2.C15H22N2O2.C15H20N2O2.C13H17NO/c1-4-5-7-20-8-6-16-10-15(9-13(2)21(23)24)11-17(18(16)20)12-19-25-14(3)22;1-3-4-6-18-7-5-14-9-13(8-12(2)19(21)22)10-15(11-17-20)16(14)18;1-3-4-6-17-7-5-14-9-13(8-12(2)18(20)21)10-15(11-19)16(14)17;1-11(19(20)21)7-12-8-13-3-6-18(5-2-4-16)15(13)14(9-12)10-17;2*1-3-4-8-16-9-7-14-11-13(5-6-15(14)16)10-12(2)17(18)19;1-2-3-7-14-8-6-12-9-11(10-15)4-5-13(12)14/h10-13H,4-9H2,1-3H3;9-12,20H,3-8H2,1-2H3;9-12H,3-8H2,1-2H3;8-9,11H,2-7H2,1H3;5-6,11-12H,3-4,7-10H2,1-2H3;5-6,10-11H,3-4,7-9H2,1-2H3;4-5,9-10H,2-3,6-8H2,1H3/b19-12+;17-11+;;;;12-10+;. The first-order valence-electron chi connectivity index (χ1n) is 50.7. The lowest BCUT2D eigenvalue weighted by Crippen LogP contribution is -2.23. The number of hydrogen-bond acceptors (Lipinski definition) is 27. The van der Waals surface area contributed by atoms with Crippen LogP contribution in [0, 0.1) is 72.0 Å². The average molecular weight is 1980 g/mol. The molecule has 0 radical (unpaired) electrons. The first kappa shape index (κ1) is 114. The van der Waals surface area contributed by atoms with Crippen molar-refractivity contribution < 1.29 is 54.0 Å². The van der Waals surface area contributed by atoms with Gasteiger partial charge in [0.05, 0.1) is 34.3 Å². The molecule has 0 spiro atoms. The molecule has 7 heterocycles. The minimum atomic E-state index is -0.645. The van der Waals surface area contributed by atoms with Crippen LogP contribution in [0.2, 0.25) is 0 Å². The molecular weight excluding hydrogens is 1830 g/mol. The lowest BCUT2D eigenvalue weighted by atomic mass is 9.99. The average Bonchev–Trinajstić information content (AvgIpc) is 1.63. The number of allylic oxidation sites excluding steroid dienone is 1. The summed E-state index contributed by atoms with van der Waals surface area (Å²) in [6, 6.07) is 33.3. The van der Waals surface area contributed by atoms with Gasteiger partial charge in [0.1, 0.15) is 12.4 Å². The molecule has 768 valence electrons. The first-order valence-corrected chi connectivity index (χ1v) is 51.2. The number of aldehydes is 2. The van der Waals surface area contributed by atoms with Gasteiger partial charge in [-0.25, -0.2) is 4.79 Å². The smallest absolute Gasteiger partial charge is 0.331 e. The second-order valence-corrected chi connectivity index (χ2v) is 38.3. The molecule has 7 aliphatic rings. The molecule has 142 heavy (non-hydrogen) atoms. The highest BCUT2D eigenvalue weighted by atomic mass is 35.5. The van der Waals surface area contributed by atoms with Crippen LogP contribution in [-0.2, 0) is 86.7 Å². The number of nitro groups is 6. The minimum absolute atomic E-state index is 0.181. The maximum absolute atomic E-state index is 11.4. The summed E-state index contributed by atoms with van der Waals surface area (Å²) in [7, 11) is 0. The Kier molecular flexibility index (Phi) is 47.0. The SMILES string of the molecule is CC(Cc1cc(C#N)c2c(c1)CCN2CCCCl)[N+](=O)[O-].CCCCN1CCc2cc(/C=C(\C)[N+](=O)[O-])ccc21.CCCCN1CCc2cc(C=O)ccc21.CCCCN1CCc2cc(CC(C)[N+](=O)[O-])cc(/C=N/O)c21.CCCCN1CCc2cc(CC(C)[N+](=O)[O-])cc(/C=N/OC(C)=O)c21.CCCCN1CCc2cc(CC(C)[N+](=O)[O-])cc(C=O)c21.CCCCN1CCc2cc(CC(C)[N+](=O)[O-])ccc21. The van der Waals surface area contributed by atoms with E-state index in [4.69, 9.17) is 16.8 Å². The van der Waals surface area contributed by atoms with E-state index < -0.39 is 36.2 Å². The van der Waals surface area contributed by atoms with Crippen molar-refractivity contribution in [1.29, 1.82) is 5.26 Å². The Labute approximate surface area is 841 Å². The molecule has 34 heteroatoms. The molecule has 0 aliphatic carbocycles. The number of carbonyl (C=O) groups excluding carboxylic acids is 3. The van der Waals surface area contributed by atoms with E-state index >= 15 is 0 Å². The number of nitriles is 1. The van der Waals surface area contributed by atoms with Crippen LogP contribution >= 0.6 is 11.6 Å². The lowest BCUT2D eigenvalue weighted by molar-refractivity contribution is -0.517. The molecule has 33 nitrogen and oxygen atoms in total. The van der Waals surface area contributed by atoms with Gasteiger partial charge >= 0.3 is 5.97 Å². The quantitative estimate of drug-likeness (QED) is 0.00705. The number of hydrogen-bond donors (Lipinski definition) is 1. The van der Waals surface area contributed by atoms with E-state index in [1.54, 1.807) is 46.8 Å². The molecule has 5 atom stereocenters. The van der Waals surface area contributed by atoms with Crippen molar-refractivity contribution in [3.8, 4) is 6.07 Å². The summed E-state index contributed by atoms with van der Waals surface area (Å²) in [4.78, 5) is 117. The molecule has 0 aromatic heterocycles. The number of anilines is 7. The van der Waals surface area contributed by atoms with E-state index in [2.05, 4.69) is 140 Å². The number of fused-ring (bicyclic) bond motifs is 7. The molecule has 0 saturated heterocycles. The van der Waals surface area contributed by atoms with Gasteiger partial charge in [-0.05, 0) is 223 Å². The first-order chi connectivity index (χ1) is 68.2. The highest BCUT2D eigenvalue weighted by Crippen LogP contribution is 2.40. The van der Waals surface area contributed by atoms with Crippen molar-refractivity contribution in [3.63, 3.8) is 0 Å². The fraction of sp³-hybridized carbons (Fsp3) is 0.537. The van der Waals surface area contributed by atoms with E-state index in [9.17, 15) is 80.3 Å². The maximum atomic E-state index is 11.4. The second-order valence-electron chi connectivity index (χ2n) is 37.9. The topological polar surface area (TPSA) is 411 Å². The molecule has 0 saturated carbocycles. The van der Waals surface area contributed by atoms with E-state index in [1.807, 2.05) is 54.6 Å². The Bertz CT molecular complexity index is 5570. The normalized spacial score (nSPS) is 14.8. The summed E-state index contributed by atoms with van der Waals surface area (Å²) in [5.41, 5.74) is 26.4. The van der Waals surface area contributed by atoms with Crippen molar-refractivity contribution in [2.45, 2.75) is 281 Å². The van der Waals surface area contributed by atoms with Gasteiger partial charge in [-0.15, -0.1) is 11.6 Å². The molecule has 14 rings (SSSR count). The summed E-state index contributed by atoms with van der Waals surface area (Å²) in [5.74, 6) is 0.125. The van der Waals surface area contributed by atoms with Gasteiger partial charge in [0.25, 0.3) is 0 Å². The third-order valence-corrected chi connectivity index (χ3v) is 26.9. The summed E-state index contributed by atoms with van der Waals surface area (Å²) < 4.78 is 0. The van der Waals surface area contributed by atoms with Crippen LogP contribution in [0.5, 0.6) is 0 Å². The van der Waals surface area contributed by atoms with Gasteiger partial charge in [0.2, 0.25) is 35.9 Å². The molecule has 0 fully saturated rings. The van der Waals surface area contributed by atoms with Gasteiger partial charge in [0.15, 0.2) is 6.29 Å². The van der Waals surface area contributed by atoms with Crippen LogP contribution in [0.1, 0.15) is 283 Å². The Morgan fingerprint density at radius 2 is 0.704 bits per heavy atom. The molecule has 7 aromatic rings. The fourth-order valence-corrected chi connectivity index (χ4v) is 19.2. The molecule has 1 N–H and O–H groups in total. The van der Waals surface area contributed by atoms with Crippen LogP contribution in [0.3, 0.4) is 0 Å². The van der Waals surface area contributed by atoms with Crippen LogP contribution in [0.15, 0.2) is 119 Å². The number of unbranched alkanes of at least 4 members (excludes halogenated alkanes) is 6. The predicted octanol–water partition coefficient (Wildman–Crippen LogP) is 20.7. The Balaban J connectivity index is 0.000000203. The zero-order valence-corrected chi connectivity index (χ0v) is 86.1. The molecule has 7 aromatic carbocycles. The van der Waals surface area contributed by atoms with Crippen LogP contribution in [0.25, 0.3) is 6.08 Å². The number of benzene rings is 7. The van der Waals surface area contributed by atoms with Crippen molar-refractivity contribution in [1.82, 2.24) is 0 Å².